The van der Waals surface area contributed by atoms with Gasteiger partial charge in [-0.05, 0) is 37.6 Å². The lowest BCUT2D eigenvalue weighted by molar-refractivity contribution is 0.0952. The van der Waals surface area contributed by atoms with E-state index >= 15 is 0 Å². The predicted octanol–water partition coefficient (Wildman–Crippen LogP) is 0.884. The molecule has 17 heavy (non-hydrogen) atoms. The van der Waals surface area contributed by atoms with Crippen LogP contribution in [0.25, 0.3) is 0 Å². The first-order chi connectivity index (χ1) is 8.31. The van der Waals surface area contributed by atoms with E-state index in [1.54, 1.807) is 18.2 Å². The van der Waals surface area contributed by atoms with E-state index in [0.717, 1.165) is 12.8 Å². The van der Waals surface area contributed by atoms with E-state index in [4.69, 9.17) is 15.2 Å². The standard InChI is InChI=1S/C12H16N2O3/c13-5-1-2-6-14-12(15)9-3-4-10-11(7-9)17-8-16-10/h3-4,7H,1-2,5-6,8,13H2,(H,14,15). The third-order valence-electron chi connectivity index (χ3n) is 2.55. The van der Waals surface area contributed by atoms with Gasteiger partial charge in [-0.2, -0.15) is 0 Å². The maximum atomic E-state index is 11.8. The van der Waals surface area contributed by atoms with Crippen LogP contribution in [0.2, 0.25) is 0 Å². The van der Waals surface area contributed by atoms with Crippen LogP contribution < -0.4 is 20.5 Å². The number of carbonyl (C=O) groups excluding carboxylic acids is 1. The lowest BCUT2D eigenvalue weighted by atomic mass is 10.2. The Balaban J connectivity index is 1.91. The molecule has 5 heteroatoms. The van der Waals surface area contributed by atoms with Gasteiger partial charge in [0, 0.05) is 12.1 Å². The fraction of sp³-hybridized carbons (Fsp3) is 0.417. The Morgan fingerprint density at radius 1 is 1.29 bits per heavy atom. The molecule has 0 spiro atoms. The maximum Gasteiger partial charge on any atom is 0.251 e. The molecule has 1 aromatic carbocycles. The number of unbranched alkanes of at least 4 members (excludes halogenated alkanes) is 1. The van der Waals surface area contributed by atoms with Gasteiger partial charge in [-0.1, -0.05) is 0 Å². The molecule has 0 unspecified atom stereocenters. The lowest BCUT2D eigenvalue weighted by Gasteiger charge is -2.05. The number of amides is 1. The Kier molecular flexibility index (Phi) is 3.82. The first-order valence-corrected chi connectivity index (χ1v) is 5.69. The van der Waals surface area contributed by atoms with E-state index in [1.807, 2.05) is 0 Å². The molecular formula is C12H16N2O3. The van der Waals surface area contributed by atoms with Gasteiger partial charge in [0.25, 0.3) is 5.91 Å². The first-order valence-electron chi connectivity index (χ1n) is 5.69. The van der Waals surface area contributed by atoms with Crippen LogP contribution in [0.3, 0.4) is 0 Å². The highest BCUT2D eigenvalue weighted by Crippen LogP contribution is 2.32. The van der Waals surface area contributed by atoms with Gasteiger partial charge in [-0.25, -0.2) is 0 Å². The van der Waals surface area contributed by atoms with Crippen molar-refractivity contribution in [1.82, 2.24) is 5.32 Å². The average molecular weight is 236 g/mol. The molecule has 1 heterocycles. The van der Waals surface area contributed by atoms with Crippen LogP contribution in [-0.4, -0.2) is 25.8 Å². The molecule has 2 rings (SSSR count). The van der Waals surface area contributed by atoms with E-state index in [2.05, 4.69) is 5.32 Å². The number of fused-ring (bicyclic) bond motifs is 1. The molecule has 0 saturated carbocycles. The highest BCUT2D eigenvalue weighted by Gasteiger charge is 2.15. The van der Waals surface area contributed by atoms with Gasteiger partial charge in [0.05, 0.1) is 0 Å². The van der Waals surface area contributed by atoms with Crippen LogP contribution >= 0.6 is 0 Å². The third kappa shape index (κ3) is 2.88. The molecule has 0 bridgehead atoms. The fourth-order valence-corrected chi connectivity index (χ4v) is 1.61. The topological polar surface area (TPSA) is 73.6 Å². The zero-order valence-electron chi connectivity index (χ0n) is 9.57. The number of benzene rings is 1. The van der Waals surface area contributed by atoms with Crippen LogP contribution in [-0.2, 0) is 0 Å². The van der Waals surface area contributed by atoms with E-state index in [-0.39, 0.29) is 12.7 Å². The summed E-state index contributed by atoms with van der Waals surface area (Å²) in [6.07, 6.45) is 1.81. The summed E-state index contributed by atoms with van der Waals surface area (Å²) in [4.78, 5) is 11.8. The summed E-state index contributed by atoms with van der Waals surface area (Å²) in [5.41, 5.74) is 5.96. The zero-order chi connectivity index (χ0) is 12.1. The molecule has 1 amide bonds. The van der Waals surface area contributed by atoms with E-state index in [0.29, 0.717) is 30.2 Å². The minimum atomic E-state index is -0.0969. The minimum Gasteiger partial charge on any atom is -0.454 e. The van der Waals surface area contributed by atoms with Crippen molar-refractivity contribution in [1.29, 1.82) is 0 Å². The second kappa shape index (κ2) is 5.54. The summed E-state index contributed by atoms with van der Waals surface area (Å²) < 4.78 is 10.4. The van der Waals surface area contributed by atoms with Gasteiger partial charge in [0.1, 0.15) is 0 Å². The molecule has 92 valence electrons. The van der Waals surface area contributed by atoms with Gasteiger partial charge < -0.3 is 20.5 Å². The van der Waals surface area contributed by atoms with E-state index in [1.165, 1.54) is 0 Å². The molecule has 0 saturated heterocycles. The Labute approximate surface area is 99.9 Å². The number of nitrogens with one attached hydrogen (secondary N) is 1. The maximum absolute atomic E-state index is 11.8. The Morgan fingerprint density at radius 3 is 2.94 bits per heavy atom. The number of hydrogen-bond donors (Lipinski definition) is 2. The summed E-state index contributed by atoms with van der Waals surface area (Å²) >= 11 is 0. The number of rotatable bonds is 5. The number of ether oxygens (including phenoxy) is 2. The second-order valence-corrected chi connectivity index (χ2v) is 3.82. The van der Waals surface area contributed by atoms with Crippen molar-refractivity contribution in [3.63, 3.8) is 0 Å². The highest BCUT2D eigenvalue weighted by molar-refractivity contribution is 5.94. The summed E-state index contributed by atoms with van der Waals surface area (Å²) in [6.45, 7) is 1.52. The molecule has 1 aromatic rings. The monoisotopic (exact) mass is 236 g/mol. The molecule has 0 fully saturated rings. The largest absolute Gasteiger partial charge is 0.454 e. The van der Waals surface area contributed by atoms with E-state index in [9.17, 15) is 4.79 Å². The van der Waals surface area contributed by atoms with Crippen molar-refractivity contribution in [2.45, 2.75) is 12.8 Å². The molecule has 3 N–H and O–H groups in total. The van der Waals surface area contributed by atoms with Crippen molar-refractivity contribution in [3.8, 4) is 11.5 Å². The first kappa shape index (κ1) is 11.7. The van der Waals surface area contributed by atoms with Crippen LogP contribution in [0.4, 0.5) is 0 Å². The van der Waals surface area contributed by atoms with Crippen molar-refractivity contribution < 1.29 is 14.3 Å². The Bertz CT molecular complexity index is 407. The molecule has 0 aliphatic carbocycles. The number of carbonyl (C=O) groups is 1. The fourth-order valence-electron chi connectivity index (χ4n) is 1.61. The number of nitrogens with two attached hydrogens (primary N) is 1. The van der Waals surface area contributed by atoms with Gasteiger partial charge in [0.2, 0.25) is 6.79 Å². The van der Waals surface area contributed by atoms with Crippen LogP contribution in [0.15, 0.2) is 18.2 Å². The second-order valence-electron chi connectivity index (χ2n) is 3.82. The van der Waals surface area contributed by atoms with E-state index < -0.39 is 0 Å². The van der Waals surface area contributed by atoms with Gasteiger partial charge >= 0.3 is 0 Å². The average Bonchev–Trinajstić information content (AvgIpc) is 2.81. The van der Waals surface area contributed by atoms with Crippen molar-refractivity contribution in [2.75, 3.05) is 19.9 Å². The van der Waals surface area contributed by atoms with Gasteiger partial charge in [-0.15, -0.1) is 0 Å². The lowest BCUT2D eigenvalue weighted by Crippen LogP contribution is -2.24. The molecular weight excluding hydrogens is 220 g/mol. The molecule has 0 aromatic heterocycles. The Morgan fingerprint density at radius 2 is 2.12 bits per heavy atom. The third-order valence-corrected chi connectivity index (χ3v) is 2.55. The summed E-state index contributed by atoms with van der Waals surface area (Å²) in [7, 11) is 0. The smallest absolute Gasteiger partial charge is 0.251 e. The Hall–Kier alpha value is -1.75. The normalized spacial score (nSPS) is 12.5. The van der Waals surface area contributed by atoms with Gasteiger partial charge in [-0.3, -0.25) is 4.79 Å². The van der Waals surface area contributed by atoms with Crippen LogP contribution in [0.1, 0.15) is 23.2 Å². The number of hydrogen-bond acceptors (Lipinski definition) is 4. The molecule has 0 atom stereocenters. The van der Waals surface area contributed by atoms with Gasteiger partial charge in [0.15, 0.2) is 11.5 Å². The summed E-state index contributed by atoms with van der Waals surface area (Å²) in [5, 5.41) is 2.83. The molecule has 1 aliphatic rings. The highest BCUT2D eigenvalue weighted by atomic mass is 16.7. The van der Waals surface area contributed by atoms with Crippen molar-refractivity contribution in [3.05, 3.63) is 23.8 Å². The quantitative estimate of drug-likeness (QED) is 0.744. The molecule has 5 nitrogen and oxygen atoms in total. The summed E-state index contributed by atoms with van der Waals surface area (Å²) in [6, 6.07) is 5.17. The van der Waals surface area contributed by atoms with Crippen LogP contribution in [0, 0.1) is 0 Å². The predicted molar refractivity (Wildman–Crippen MR) is 63.2 cm³/mol. The van der Waals surface area contributed by atoms with Crippen LogP contribution in [0.5, 0.6) is 11.5 Å². The molecule has 0 radical (unpaired) electrons. The minimum absolute atomic E-state index is 0.0969. The zero-order valence-corrected chi connectivity index (χ0v) is 9.57. The summed E-state index contributed by atoms with van der Waals surface area (Å²) in [5.74, 6) is 1.21. The van der Waals surface area contributed by atoms with Crippen molar-refractivity contribution in [2.24, 2.45) is 5.73 Å². The SMILES string of the molecule is NCCCCNC(=O)c1ccc2c(c1)OCO2. The molecule has 1 aliphatic heterocycles. The van der Waals surface area contributed by atoms with Crippen molar-refractivity contribution >= 4 is 5.91 Å².